The van der Waals surface area contributed by atoms with Gasteiger partial charge >= 0.3 is 12.0 Å². The number of hydrogen-bond acceptors (Lipinski definition) is 3. The fourth-order valence-corrected chi connectivity index (χ4v) is 1.92. The van der Waals surface area contributed by atoms with Gasteiger partial charge < -0.3 is 15.3 Å². The molecule has 6 heteroatoms. The molecule has 19 heavy (non-hydrogen) atoms. The first kappa shape index (κ1) is 12.9. The molecule has 1 aliphatic rings. The number of benzene rings is 1. The zero-order chi connectivity index (χ0) is 14.0. The molecular formula is C13H13N3O3. The number of aryl methyl sites for hydroxylation is 1. The summed E-state index contributed by atoms with van der Waals surface area (Å²) in [6, 6.07) is 6.86. The van der Waals surface area contributed by atoms with Crippen LogP contribution in [0.4, 0.5) is 10.5 Å². The van der Waals surface area contributed by atoms with Crippen LogP contribution in [0.3, 0.4) is 0 Å². The maximum absolute atomic E-state index is 11.9. The molecule has 2 rings (SSSR count). The Morgan fingerprint density at radius 1 is 1.47 bits per heavy atom. The third-order valence-corrected chi connectivity index (χ3v) is 3.14. The SMILES string of the molecule is Cc1cccc(NC(=O)N2CC(C(=O)O)C2)c1C#N. The van der Waals surface area contributed by atoms with E-state index in [-0.39, 0.29) is 19.1 Å². The van der Waals surface area contributed by atoms with E-state index in [1.807, 2.05) is 6.07 Å². The van der Waals surface area contributed by atoms with Crippen molar-refractivity contribution in [1.82, 2.24) is 4.90 Å². The average molecular weight is 259 g/mol. The Hall–Kier alpha value is -2.55. The van der Waals surface area contributed by atoms with Gasteiger partial charge in [0.1, 0.15) is 6.07 Å². The van der Waals surface area contributed by atoms with Gasteiger partial charge in [0.2, 0.25) is 0 Å². The zero-order valence-electron chi connectivity index (χ0n) is 10.4. The lowest BCUT2D eigenvalue weighted by Gasteiger charge is -2.36. The predicted octanol–water partition coefficient (Wildman–Crippen LogP) is 1.41. The minimum atomic E-state index is -0.891. The highest BCUT2D eigenvalue weighted by Crippen LogP contribution is 2.21. The minimum absolute atomic E-state index is 0.203. The van der Waals surface area contributed by atoms with Gasteiger partial charge in [-0.05, 0) is 18.6 Å². The fourth-order valence-electron chi connectivity index (χ4n) is 1.92. The Bertz CT molecular complexity index is 571. The number of anilines is 1. The first-order chi connectivity index (χ1) is 9.02. The van der Waals surface area contributed by atoms with E-state index in [4.69, 9.17) is 10.4 Å². The van der Waals surface area contributed by atoms with Crippen LogP contribution >= 0.6 is 0 Å². The number of amides is 2. The van der Waals surface area contributed by atoms with Crippen molar-refractivity contribution >= 4 is 17.7 Å². The van der Waals surface area contributed by atoms with Crippen LogP contribution in [0.1, 0.15) is 11.1 Å². The number of nitrogens with zero attached hydrogens (tertiary/aromatic N) is 2. The Balaban J connectivity index is 2.03. The standard InChI is InChI=1S/C13H13N3O3/c1-8-3-2-4-11(10(8)5-14)15-13(19)16-6-9(7-16)12(17)18/h2-4,9H,6-7H2,1H3,(H,15,19)(H,17,18). The minimum Gasteiger partial charge on any atom is -0.481 e. The highest BCUT2D eigenvalue weighted by atomic mass is 16.4. The highest BCUT2D eigenvalue weighted by Gasteiger charge is 2.35. The number of hydrogen-bond donors (Lipinski definition) is 2. The number of nitrogens with one attached hydrogen (secondary N) is 1. The number of rotatable bonds is 2. The molecule has 0 radical (unpaired) electrons. The second-order valence-corrected chi connectivity index (χ2v) is 4.48. The summed E-state index contributed by atoms with van der Waals surface area (Å²) < 4.78 is 0. The molecule has 98 valence electrons. The molecule has 2 N–H and O–H groups in total. The van der Waals surface area contributed by atoms with E-state index in [1.54, 1.807) is 25.1 Å². The monoisotopic (exact) mass is 259 g/mol. The van der Waals surface area contributed by atoms with E-state index in [1.165, 1.54) is 4.90 Å². The van der Waals surface area contributed by atoms with E-state index < -0.39 is 11.9 Å². The molecule has 2 amide bonds. The number of urea groups is 1. The number of carbonyl (C=O) groups is 2. The molecule has 0 aliphatic carbocycles. The number of carbonyl (C=O) groups excluding carboxylic acids is 1. The van der Waals surface area contributed by atoms with Gasteiger partial charge in [-0.1, -0.05) is 12.1 Å². The Kier molecular flexibility index (Phi) is 3.38. The normalized spacial score (nSPS) is 14.4. The van der Waals surface area contributed by atoms with Crippen LogP contribution in [-0.2, 0) is 4.79 Å². The topological polar surface area (TPSA) is 93.4 Å². The quantitative estimate of drug-likeness (QED) is 0.839. The molecule has 0 atom stereocenters. The molecule has 0 aromatic heterocycles. The summed E-state index contributed by atoms with van der Waals surface area (Å²) in [7, 11) is 0. The van der Waals surface area contributed by atoms with Crippen molar-refractivity contribution in [3.63, 3.8) is 0 Å². The van der Waals surface area contributed by atoms with Crippen molar-refractivity contribution in [2.75, 3.05) is 18.4 Å². The van der Waals surface area contributed by atoms with Crippen LogP contribution in [-0.4, -0.2) is 35.1 Å². The molecule has 1 aromatic rings. The predicted molar refractivity (Wildman–Crippen MR) is 67.6 cm³/mol. The number of likely N-dealkylation sites (tertiary alicyclic amines) is 1. The third kappa shape index (κ3) is 2.50. The van der Waals surface area contributed by atoms with Crippen LogP contribution < -0.4 is 5.32 Å². The second-order valence-electron chi connectivity index (χ2n) is 4.48. The first-order valence-corrected chi connectivity index (χ1v) is 5.81. The Morgan fingerprint density at radius 2 is 2.16 bits per heavy atom. The number of aliphatic carboxylic acids is 1. The summed E-state index contributed by atoms with van der Waals surface area (Å²) >= 11 is 0. The zero-order valence-corrected chi connectivity index (χ0v) is 10.4. The van der Waals surface area contributed by atoms with E-state index in [0.717, 1.165) is 5.56 Å². The van der Waals surface area contributed by atoms with Crippen LogP contribution in [0.5, 0.6) is 0 Å². The van der Waals surface area contributed by atoms with Gasteiger partial charge in [-0.2, -0.15) is 5.26 Å². The summed E-state index contributed by atoms with van der Waals surface area (Å²) in [5.41, 5.74) is 1.66. The molecule has 1 aliphatic heterocycles. The van der Waals surface area contributed by atoms with Gasteiger partial charge in [0.25, 0.3) is 0 Å². The van der Waals surface area contributed by atoms with E-state index in [9.17, 15) is 9.59 Å². The lowest BCUT2D eigenvalue weighted by atomic mass is 10.0. The fraction of sp³-hybridized carbons (Fsp3) is 0.308. The van der Waals surface area contributed by atoms with Gasteiger partial charge in [-0.15, -0.1) is 0 Å². The summed E-state index contributed by atoms with van der Waals surface area (Å²) in [5, 5.41) is 20.4. The van der Waals surface area contributed by atoms with Gasteiger partial charge in [0, 0.05) is 13.1 Å². The van der Waals surface area contributed by atoms with Crippen molar-refractivity contribution in [1.29, 1.82) is 5.26 Å². The molecule has 6 nitrogen and oxygen atoms in total. The van der Waals surface area contributed by atoms with Crippen molar-refractivity contribution in [2.24, 2.45) is 5.92 Å². The molecule has 0 unspecified atom stereocenters. The smallest absolute Gasteiger partial charge is 0.321 e. The molecule has 1 heterocycles. The van der Waals surface area contributed by atoms with Crippen LogP contribution in [0.25, 0.3) is 0 Å². The van der Waals surface area contributed by atoms with Crippen LogP contribution in [0, 0.1) is 24.2 Å². The third-order valence-electron chi connectivity index (χ3n) is 3.14. The molecule has 1 aromatic carbocycles. The van der Waals surface area contributed by atoms with Crippen LogP contribution in [0.2, 0.25) is 0 Å². The number of nitriles is 1. The molecule has 0 bridgehead atoms. The average Bonchev–Trinajstić information content (AvgIpc) is 2.26. The summed E-state index contributed by atoms with van der Waals surface area (Å²) in [4.78, 5) is 23.9. The maximum Gasteiger partial charge on any atom is 0.321 e. The second kappa shape index (κ2) is 4.98. The number of carboxylic acid groups (broad SMARTS) is 1. The van der Waals surface area contributed by atoms with Gasteiger partial charge in [0.15, 0.2) is 0 Å². The molecule has 0 saturated carbocycles. The van der Waals surface area contributed by atoms with Gasteiger partial charge in [-0.3, -0.25) is 4.79 Å². The maximum atomic E-state index is 11.9. The van der Waals surface area contributed by atoms with Crippen molar-refractivity contribution in [3.8, 4) is 6.07 Å². The highest BCUT2D eigenvalue weighted by molar-refractivity contribution is 5.92. The van der Waals surface area contributed by atoms with Gasteiger partial charge in [-0.25, -0.2) is 4.79 Å². The number of carboxylic acids is 1. The molecular weight excluding hydrogens is 246 g/mol. The van der Waals surface area contributed by atoms with Crippen molar-refractivity contribution < 1.29 is 14.7 Å². The van der Waals surface area contributed by atoms with Crippen molar-refractivity contribution in [3.05, 3.63) is 29.3 Å². The largest absolute Gasteiger partial charge is 0.481 e. The van der Waals surface area contributed by atoms with Crippen LogP contribution in [0.15, 0.2) is 18.2 Å². The first-order valence-electron chi connectivity index (χ1n) is 5.81. The molecule has 0 spiro atoms. The van der Waals surface area contributed by atoms with Crippen molar-refractivity contribution in [2.45, 2.75) is 6.92 Å². The van der Waals surface area contributed by atoms with E-state index in [0.29, 0.717) is 11.3 Å². The molecule has 1 saturated heterocycles. The summed E-state index contributed by atoms with van der Waals surface area (Å²) in [5.74, 6) is -1.38. The lowest BCUT2D eigenvalue weighted by Crippen LogP contribution is -2.54. The summed E-state index contributed by atoms with van der Waals surface area (Å²) in [6.45, 7) is 2.20. The molecule has 1 fully saturated rings. The summed E-state index contributed by atoms with van der Waals surface area (Å²) in [6.07, 6.45) is 0. The lowest BCUT2D eigenvalue weighted by molar-refractivity contribution is -0.145. The van der Waals surface area contributed by atoms with Gasteiger partial charge in [0.05, 0.1) is 17.2 Å². The van der Waals surface area contributed by atoms with E-state index in [2.05, 4.69) is 5.32 Å². The Morgan fingerprint density at radius 3 is 2.74 bits per heavy atom. The Labute approximate surface area is 110 Å². The van der Waals surface area contributed by atoms with E-state index >= 15 is 0 Å².